The molecule has 3 nitrogen and oxygen atoms in total. The van der Waals surface area contributed by atoms with E-state index in [2.05, 4.69) is 48.2 Å². The molecule has 2 aromatic rings. The molecule has 1 aliphatic heterocycles. The molecular formula is C19H23NO2. The maximum atomic E-state index is 9.45. The van der Waals surface area contributed by atoms with Crippen LogP contribution >= 0.6 is 0 Å². The molecule has 0 spiro atoms. The zero-order valence-electron chi connectivity index (χ0n) is 12.9. The molecule has 3 rings (SSSR count). The first-order valence-corrected chi connectivity index (χ1v) is 7.86. The van der Waals surface area contributed by atoms with Gasteiger partial charge in [0.1, 0.15) is 0 Å². The van der Waals surface area contributed by atoms with Crippen LogP contribution < -0.4 is 0 Å². The number of aliphatic hydroxyl groups excluding tert-OH is 1. The van der Waals surface area contributed by atoms with Gasteiger partial charge in [0, 0.05) is 12.6 Å². The standard InChI is InChI=1S/C19H23NO2/c1-15(13-21)20-12-18(19(20)17-10-6-3-7-11-17)22-14-16-8-4-2-5-9-16/h2-11,15,18-19,21H,12-14H2,1H3/t15-,18-,19-/m0/s1. The molecule has 1 heterocycles. The van der Waals surface area contributed by atoms with Gasteiger partial charge < -0.3 is 9.84 Å². The lowest BCUT2D eigenvalue weighted by molar-refractivity contribution is -0.133. The average Bonchev–Trinajstić information content (AvgIpc) is 2.55. The van der Waals surface area contributed by atoms with E-state index < -0.39 is 0 Å². The summed E-state index contributed by atoms with van der Waals surface area (Å²) in [6.07, 6.45) is 0.177. The van der Waals surface area contributed by atoms with E-state index in [0.717, 1.165) is 6.54 Å². The van der Waals surface area contributed by atoms with Gasteiger partial charge in [-0.15, -0.1) is 0 Å². The Morgan fingerprint density at radius 1 is 1.09 bits per heavy atom. The first-order chi connectivity index (χ1) is 10.8. The third-order valence-electron chi connectivity index (χ3n) is 4.38. The van der Waals surface area contributed by atoms with E-state index in [1.165, 1.54) is 11.1 Å². The van der Waals surface area contributed by atoms with Crippen molar-refractivity contribution >= 4 is 0 Å². The second-order valence-corrected chi connectivity index (χ2v) is 5.92. The van der Waals surface area contributed by atoms with Crippen molar-refractivity contribution in [1.82, 2.24) is 4.90 Å². The van der Waals surface area contributed by atoms with E-state index in [1.54, 1.807) is 0 Å². The van der Waals surface area contributed by atoms with Gasteiger partial charge in [-0.1, -0.05) is 60.7 Å². The minimum atomic E-state index is 0.154. The van der Waals surface area contributed by atoms with Gasteiger partial charge >= 0.3 is 0 Å². The van der Waals surface area contributed by atoms with E-state index in [4.69, 9.17) is 4.74 Å². The summed E-state index contributed by atoms with van der Waals surface area (Å²) in [5.41, 5.74) is 2.45. The minimum Gasteiger partial charge on any atom is -0.395 e. The van der Waals surface area contributed by atoms with Gasteiger partial charge in [0.25, 0.3) is 0 Å². The normalized spacial score (nSPS) is 23.0. The monoisotopic (exact) mass is 297 g/mol. The van der Waals surface area contributed by atoms with Crippen molar-refractivity contribution in [1.29, 1.82) is 0 Å². The van der Waals surface area contributed by atoms with E-state index in [9.17, 15) is 5.11 Å². The Labute approximate surface area is 132 Å². The Hall–Kier alpha value is -1.68. The molecule has 1 fully saturated rings. The van der Waals surface area contributed by atoms with Crippen LogP contribution in [-0.4, -0.2) is 35.3 Å². The predicted octanol–water partition coefficient (Wildman–Crippen LogP) is 3.01. The van der Waals surface area contributed by atoms with Gasteiger partial charge in [0.15, 0.2) is 0 Å². The van der Waals surface area contributed by atoms with Crippen LogP contribution in [0.1, 0.15) is 24.1 Å². The lowest BCUT2D eigenvalue weighted by atomic mass is 9.90. The molecule has 1 aliphatic rings. The van der Waals surface area contributed by atoms with Crippen LogP contribution in [0.4, 0.5) is 0 Å². The molecule has 1 N–H and O–H groups in total. The van der Waals surface area contributed by atoms with Gasteiger partial charge in [0.2, 0.25) is 0 Å². The lowest BCUT2D eigenvalue weighted by Crippen LogP contribution is -2.58. The summed E-state index contributed by atoms with van der Waals surface area (Å²) in [4.78, 5) is 2.31. The second kappa shape index (κ2) is 7.05. The smallest absolute Gasteiger partial charge is 0.0903 e. The maximum Gasteiger partial charge on any atom is 0.0903 e. The molecule has 22 heavy (non-hydrogen) atoms. The molecule has 116 valence electrons. The Morgan fingerprint density at radius 3 is 2.36 bits per heavy atom. The number of likely N-dealkylation sites (tertiary alicyclic amines) is 1. The van der Waals surface area contributed by atoms with Gasteiger partial charge in [-0.05, 0) is 18.1 Å². The fraction of sp³-hybridized carbons (Fsp3) is 0.368. The van der Waals surface area contributed by atoms with Gasteiger partial charge in [-0.2, -0.15) is 0 Å². The van der Waals surface area contributed by atoms with Crippen LogP contribution in [0.15, 0.2) is 60.7 Å². The molecule has 0 bridgehead atoms. The van der Waals surface area contributed by atoms with Crippen LogP contribution in [-0.2, 0) is 11.3 Å². The quantitative estimate of drug-likeness (QED) is 0.889. The van der Waals surface area contributed by atoms with Gasteiger partial charge in [-0.25, -0.2) is 0 Å². The van der Waals surface area contributed by atoms with Crippen molar-refractivity contribution in [3.05, 3.63) is 71.8 Å². The summed E-state index contributed by atoms with van der Waals surface area (Å²) in [6, 6.07) is 21.1. The molecule has 0 unspecified atom stereocenters. The average molecular weight is 297 g/mol. The summed E-state index contributed by atoms with van der Waals surface area (Å²) in [5, 5.41) is 9.45. The number of hydrogen-bond acceptors (Lipinski definition) is 3. The molecule has 0 aliphatic carbocycles. The van der Waals surface area contributed by atoms with Crippen molar-refractivity contribution in [2.75, 3.05) is 13.2 Å². The number of aliphatic hydroxyl groups is 1. The molecule has 0 radical (unpaired) electrons. The minimum absolute atomic E-state index is 0.154. The highest BCUT2D eigenvalue weighted by atomic mass is 16.5. The molecule has 3 heteroatoms. The number of rotatable bonds is 6. The lowest BCUT2D eigenvalue weighted by Gasteiger charge is -2.50. The summed E-state index contributed by atoms with van der Waals surface area (Å²) in [6.45, 7) is 3.74. The number of ether oxygens (including phenoxy) is 1. The fourth-order valence-electron chi connectivity index (χ4n) is 3.03. The van der Waals surface area contributed by atoms with Gasteiger partial charge in [-0.3, -0.25) is 4.90 Å². The summed E-state index contributed by atoms with van der Waals surface area (Å²) in [5.74, 6) is 0. The Balaban J connectivity index is 1.69. The van der Waals surface area contributed by atoms with Crippen LogP contribution in [0, 0.1) is 0 Å². The molecule has 3 atom stereocenters. The molecule has 0 aromatic heterocycles. The maximum absolute atomic E-state index is 9.45. The van der Waals surface area contributed by atoms with E-state index in [-0.39, 0.29) is 24.8 Å². The molecule has 2 aromatic carbocycles. The van der Waals surface area contributed by atoms with E-state index in [0.29, 0.717) is 6.61 Å². The third kappa shape index (κ3) is 3.22. The predicted molar refractivity (Wildman–Crippen MR) is 87.5 cm³/mol. The van der Waals surface area contributed by atoms with E-state index >= 15 is 0 Å². The van der Waals surface area contributed by atoms with Crippen LogP contribution in [0.3, 0.4) is 0 Å². The number of hydrogen-bond donors (Lipinski definition) is 1. The zero-order chi connectivity index (χ0) is 15.4. The summed E-state index contributed by atoms with van der Waals surface area (Å²) < 4.78 is 6.13. The molecule has 0 saturated carbocycles. The highest BCUT2D eigenvalue weighted by Crippen LogP contribution is 2.37. The van der Waals surface area contributed by atoms with Crippen molar-refractivity contribution < 1.29 is 9.84 Å². The van der Waals surface area contributed by atoms with Crippen LogP contribution in [0.25, 0.3) is 0 Å². The molecule has 0 amide bonds. The fourth-order valence-corrected chi connectivity index (χ4v) is 3.03. The van der Waals surface area contributed by atoms with E-state index in [1.807, 2.05) is 24.3 Å². The van der Waals surface area contributed by atoms with Crippen molar-refractivity contribution in [2.45, 2.75) is 31.7 Å². The molecule has 1 saturated heterocycles. The largest absolute Gasteiger partial charge is 0.395 e. The Kier molecular flexibility index (Phi) is 4.88. The number of nitrogens with zero attached hydrogens (tertiary/aromatic N) is 1. The summed E-state index contributed by atoms with van der Waals surface area (Å²) >= 11 is 0. The van der Waals surface area contributed by atoms with Crippen molar-refractivity contribution in [3.63, 3.8) is 0 Å². The van der Waals surface area contributed by atoms with Gasteiger partial charge in [0.05, 0.1) is 25.4 Å². The summed E-state index contributed by atoms with van der Waals surface area (Å²) in [7, 11) is 0. The number of benzene rings is 2. The van der Waals surface area contributed by atoms with Crippen molar-refractivity contribution in [2.24, 2.45) is 0 Å². The van der Waals surface area contributed by atoms with Crippen LogP contribution in [0.2, 0.25) is 0 Å². The second-order valence-electron chi connectivity index (χ2n) is 5.92. The zero-order valence-corrected chi connectivity index (χ0v) is 12.9. The molecular weight excluding hydrogens is 274 g/mol. The van der Waals surface area contributed by atoms with Crippen LogP contribution in [0.5, 0.6) is 0 Å². The first kappa shape index (κ1) is 15.2. The Morgan fingerprint density at radius 2 is 1.73 bits per heavy atom. The first-order valence-electron chi connectivity index (χ1n) is 7.86. The highest BCUT2D eigenvalue weighted by molar-refractivity contribution is 5.24. The SMILES string of the molecule is C[C@@H](CO)N1C[C@H](OCc2ccccc2)[C@@H]1c1ccccc1. The highest BCUT2D eigenvalue weighted by Gasteiger charge is 2.42. The van der Waals surface area contributed by atoms with Crippen molar-refractivity contribution in [3.8, 4) is 0 Å². The Bertz CT molecular complexity index is 573. The topological polar surface area (TPSA) is 32.7 Å². The third-order valence-corrected chi connectivity index (χ3v) is 4.38.